The first-order chi connectivity index (χ1) is 13.6. The summed E-state index contributed by atoms with van der Waals surface area (Å²) in [7, 11) is 0. The van der Waals surface area contributed by atoms with Crippen molar-refractivity contribution in [2.24, 2.45) is 0 Å². The van der Waals surface area contributed by atoms with E-state index in [-0.39, 0.29) is 35.1 Å². The van der Waals surface area contributed by atoms with Gasteiger partial charge in [0.1, 0.15) is 5.82 Å². The van der Waals surface area contributed by atoms with Crippen LogP contribution < -0.4 is 0 Å². The fraction of sp³-hybridized carbons (Fsp3) is 0.364. The summed E-state index contributed by atoms with van der Waals surface area (Å²) in [6.07, 6.45) is 1.94. The van der Waals surface area contributed by atoms with Crippen molar-refractivity contribution in [3.63, 3.8) is 0 Å². The number of halogens is 1. The summed E-state index contributed by atoms with van der Waals surface area (Å²) in [5.74, 6) is 0.0917. The summed E-state index contributed by atoms with van der Waals surface area (Å²) < 4.78 is 19.2. The van der Waals surface area contributed by atoms with E-state index in [0.29, 0.717) is 25.3 Å². The molecule has 0 aliphatic carbocycles. The van der Waals surface area contributed by atoms with E-state index in [0.717, 1.165) is 18.4 Å². The minimum Gasteiger partial charge on any atom is -0.376 e. The first kappa shape index (κ1) is 20.6. The van der Waals surface area contributed by atoms with Gasteiger partial charge in [-0.1, -0.05) is 42.5 Å². The van der Waals surface area contributed by atoms with Crippen LogP contribution in [0.2, 0.25) is 0 Å². The summed E-state index contributed by atoms with van der Waals surface area (Å²) in [6.45, 7) is 1.54. The van der Waals surface area contributed by atoms with Gasteiger partial charge < -0.3 is 9.64 Å². The topological polar surface area (TPSA) is 46.6 Å². The predicted octanol–water partition coefficient (Wildman–Crippen LogP) is 3.95. The molecule has 148 valence electrons. The molecule has 1 fully saturated rings. The third kappa shape index (κ3) is 6.17. The lowest BCUT2D eigenvalue weighted by molar-refractivity contribution is -0.130. The number of carbonyl (C=O) groups excluding carboxylic acids is 2. The van der Waals surface area contributed by atoms with Crippen molar-refractivity contribution in [2.75, 3.05) is 24.7 Å². The van der Waals surface area contributed by atoms with Crippen LogP contribution in [0.4, 0.5) is 4.39 Å². The Bertz CT molecular complexity index is 793. The molecule has 1 unspecified atom stereocenters. The number of Topliss-reactive ketones (excluding diaryl/α,β-unsaturated/α-hetero) is 1. The van der Waals surface area contributed by atoms with Gasteiger partial charge in [-0.15, -0.1) is 11.8 Å². The highest BCUT2D eigenvalue weighted by Gasteiger charge is 2.23. The second-order valence-electron chi connectivity index (χ2n) is 6.82. The van der Waals surface area contributed by atoms with Crippen molar-refractivity contribution in [1.82, 2.24) is 4.90 Å². The van der Waals surface area contributed by atoms with Gasteiger partial charge in [0, 0.05) is 25.3 Å². The third-order valence-corrected chi connectivity index (χ3v) is 5.54. The number of benzene rings is 2. The van der Waals surface area contributed by atoms with Crippen LogP contribution in [0.25, 0.3) is 0 Å². The minimum atomic E-state index is -0.315. The molecule has 4 nitrogen and oxygen atoms in total. The second kappa shape index (κ2) is 10.4. The lowest BCUT2D eigenvalue weighted by Crippen LogP contribution is -2.38. The van der Waals surface area contributed by atoms with Crippen LogP contribution >= 0.6 is 11.8 Å². The molecule has 1 atom stereocenters. The van der Waals surface area contributed by atoms with Crippen molar-refractivity contribution in [2.45, 2.75) is 25.5 Å². The highest BCUT2D eigenvalue weighted by atomic mass is 32.2. The average Bonchev–Trinajstić information content (AvgIpc) is 3.21. The maximum absolute atomic E-state index is 13.5. The van der Waals surface area contributed by atoms with Crippen LogP contribution in [-0.2, 0) is 16.1 Å². The van der Waals surface area contributed by atoms with Gasteiger partial charge in [0.15, 0.2) is 5.78 Å². The Morgan fingerprint density at radius 3 is 2.64 bits per heavy atom. The zero-order valence-corrected chi connectivity index (χ0v) is 16.5. The lowest BCUT2D eigenvalue weighted by Gasteiger charge is -2.25. The predicted molar refractivity (Wildman–Crippen MR) is 109 cm³/mol. The SMILES string of the molecule is O=C(CSCC(=O)N(Cc1cccc(F)c1)CC1CCCO1)c1ccccc1. The van der Waals surface area contributed by atoms with Gasteiger partial charge in [-0.3, -0.25) is 9.59 Å². The molecule has 0 radical (unpaired) electrons. The van der Waals surface area contributed by atoms with Gasteiger partial charge in [0.25, 0.3) is 0 Å². The summed E-state index contributed by atoms with van der Waals surface area (Å²) in [5, 5.41) is 0. The highest BCUT2D eigenvalue weighted by molar-refractivity contribution is 8.00. The van der Waals surface area contributed by atoms with Crippen molar-refractivity contribution >= 4 is 23.5 Å². The minimum absolute atomic E-state index is 0.00852. The molecule has 1 aliphatic rings. The Hall–Kier alpha value is -2.18. The summed E-state index contributed by atoms with van der Waals surface area (Å²) in [4.78, 5) is 26.7. The Labute approximate surface area is 169 Å². The quantitative estimate of drug-likeness (QED) is 0.597. The van der Waals surface area contributed by atoms with Crippen LogP contribution in [-0.4, -0.2) is 47.4 Å². The van der Waals surface area contributed by atoms with E-state index in [1.54, 1.807) is 23.1 Å². The van der Waals surface area contributed by atoms with E-state index < -0.39 is 0 Å². The van der Waals surface area contributed by atoms with Crippen molar-refractivity contribution in [3.05, 3.63) is 71.5 Å². The molecule has 0 saturated carbocycles. The Balaban J connectivity index is 1.56. The number of rotatable bonds is 9. The first-order valence-electron chi connectivity index (χ1n) is 9.41. The standard InChI is InChI=1S/C22H24FNO3S/c23-19-9-4-6-17(12-19)13-24(14-20-10-5-11-27-20)22(26)16-28-15-21(25)18-7-2-1-3-8-18/h1-4,6-9,12,20H,5,10-11,13-16H2. The Morgan fingerprint density at radius 2 is 1.93 bits per heavy atom. The largest absolute Gasteiger partial charge is 0.376 e. The molecule has 0 spiro atoms. The van der Waals surface area contributed by atoms with Crippen LogP contribution in [0.3, 0.4) is 0 Å². The summed E-state index contributed by atoms with van der Waals surface area (Å²) in [5.41, 5.74) is 1.40. The molecule has 28 heavy (non-hydrogen) atoms. The maximum Gasteiger partial charge on any atom is 0.232 e. The smallest absolute Gasteiger partial charge is 0.232 e. The summed E-state index contributed by atoms with van der Waals surface area (Å²) >= 11 is 1.31. The van der Waals surface area contributed by atoms with Crippen molar-refractivity contribution < 1.29 is 18.7 Å². The van der Waals surface area contributed by atoms with Gasteiger partial charge in [0.05, 0.1) is 17.6 Å². The molecule has 0 bridgehead atoms. The van der Waals surface area contributed by atoms with Crippen LogP contribution in [0.5, 0.6) is 0 Å². The van der Waals surface area contributed by atoms with Crippen molar-refractivity contribution in [1.29, 1.82) is 0 Å². The molecule has 1 heterocycles. The highest BCUT2D eigenvalue weighted by Crippen LogP contribution is 2.17. The van der Waals surface area contributed by atoms with E-state index in [4.69, 9.17) is 4.74 Å². The Morgan fingerprint density at radius 1 is 1.11 bits per heavy atom. The molecule has 1 amide bonds. The van der Waals surface area contributed by atoms with Crippen LogP contribution in [0, 0.1) is 5.82 Å². The molecule has 6 heteroatoms. The molecule has 0 aromatic heterocycles. The number of ether oxygens (including phenoxy) is 1. The molecule has 3 rings (SSSR count). The molecule has 2 aromatic rings. The van der Waals surface area contributed by atoms with Gasteiger partial charge in [-0.25, -0.2) is 4.39 Å². The zero-order chi connectivity index (χ0) is 19.8. The molecule has 0 N–H and O–H groups in total. The van der Waals surface area contributed by atoms with E-state index >= 15 is 0 Å². The van der Waals surface area contributed by atoms with Gasteiger partial charge >= 0.3 is 0 Å². The number of nitrogens with zero attached hydrogens (tertiary/aromatic N) is 1. The van der Waals surface area contributed by atoms with Gasteiger partial charge in [-0.05, 0) is 30.5 Å². The molecule has 2 aromatic carbocycles. The average molecular weight is 402 g/mol. The number of ketones is 1. The number of thioether (sulfide) groups is 1. The normalized spacial score (nSPS) is 16.1. The monoisotopic (exact) mass is 401 g/mol. The molecule has 1 aliphatic heterocycles. The first-order valence-corrected chi connectivity index (χ1v) is 10.6. The van der Waals surface area contributed by atoms with E-state index in [9.17, 15) is 14.0 Å². The fourth-order valence-electron chi connectivity index (χ4n) is 3.17. The van der Waals surface area contributed by atoms with Crippen LogP contribution in [0.1, 0.15) is 28.8 Å². The maximum atomic E-state index is 13.5. The second-order valence-corrected chi connectivity index (χ2v) is 7.81. The van der Waals surface area contributed by atoms with E-state index in [1.165, 1.54) is 23.9 Å². The lowest BCUT2D eigenvalue weighted by atomic mass is 10.1. The van der Waals surface area contributed by atoms with Gasteiger partial charge in [-0.2, -0.15) is 0 Å². The molecular formula is C22H24FNO3S. The number of carbonyl (C=O) groups is 2. The third-order valence-electron chi connectivity index (χ3n) is 4.62. The molecule has 1 saturated heterocycles. The van der Waals surface area contributed by atoms with Crippen LogP contribution in [0.15, 0.2) is 54.6 Å². The fourth-order valence-corrected chi connectivity index (χ4v) is 3.99. The van der Waals surface area contributed by atoms with Crippen molar-refractivity contribution in [3.8, 4) is 0 Å². The van der Waals surface area contributed by atoms with E-state index in [2.05, 4.69) is 0 Å². The number of hydrogen-bond acceptors (Lipinski definition) is 4. The Kier molecular flexibility index (Phi) is 7.62. The van der Waals surface area contributed by atoms with E-state index in [1.807, 2.05) is 24.3 Å². The number of amides is 1. The van der Waals surface area contributed by atoms with Gasteiger partial charge in [0.2, 0.25) is 5.91 Å². The number of hydrogen-bond donors (Lipinski definition) is 0. The summed E-state index contributed by atoms with van der Waals surface area (Å²) in [6, 6.07) is 15.4. The molecular weight excluding hydrogens is 377 g/mol. The zero-order valence-electron chi connectivity index (χ0n) is 15.7.